The Morgan fingerprint density at radius 2 is 2.00 bits per heavy atom. The second-order valence-electron chi connectivity index (χ2n) is 7.71. The summed E-state index contributed by atoms with van der Waals surface area (Å²) in [6.07, 6.45) is 8.90. The van der Waals surface area contributed by atoms with Crippen molar-refractivity contribution in [2.75, 3.05) is 26.3 Å². The van der Waals surface area contributed by atoms with Gasteiger partial charge in [-0.3, -0.25) is 9.69 Å². The Kier molecular flexibility index (Phi) is 5.08. The second kappa shape index (κ2) is 7.46. The fraction of sp³-hybridized carbons (Fsp3) is 0.789. The maximum atomic E-state index is 12.5. The quantitative estimate of drug-likeness (QED) is 0.902. The topological polar surface area (TPSA) is 59.4 Å². The summed E-state index contributed by atoms with van der Waals surface area (Å²) in [7, 11) is 2.16. The Labute approximate surface area is 149 Å². The third kappa shape index (κ3) is 3.60. The van der Waals surface area contributed by atoms with Crippen molar-refractivity contribution < 1.29 is 9.53 Å². The SMILES string of the molecule is Cn1c([C@H]2CCCN2CC(=O)NC2CCOCC2)nc2c1CCCC2. The molecule has 25 heavy (non-hydrogen) atoms. The number of amides is 1. The standard InChI is InChI=1S/C19H30N4O2/c1-22-16-6-3-2-5-15(16)21-19(22)17-7-4-10-23(17)13-18(24)20-14-8-11-25-12-9-14/h14,17H,2-13H2,1H3,(H,20,24)/t17-/m1/s1. The molecule has 1 aromatic heterocycles. The Bertz CT molecular complexity index is 621. The van der Waals surface area contributed by atoms with Gasteiger partial charge in [0.15, 0.2) is 0 Å². The lowest BCUT2D eigenvalue weighted by molar-refractivity contribution is -0.123. The highest BCUT2D eigenvalue weighted by molar-refractivity contribution is 5.78. The van der Waals surface area contributed by atoms with Gasteiger partial charge in [0.2, 0.25) is 5.91 Å². The largest absolute Gasteiger partial charge is 0.381 e. The number of nitrogens with zero attached hydrogens (tertiary/aromatic N) is 3. The molecule has 1 atom stereocenters. The van der Waals surface area contributed by atoms with Crippen LogP contribution in [0.3, 0.4) is 0 Å². The number of likely N-dealkylation sites (tertiary alicyclic amines) is 1. The number of hydrogen-bond acceptors (Lipinski definition) is 4. The van der Waals surface area contributed by atoms with Gasteiger partial charge in [-0.2, -0.15) is 0 Å². The summed E-state index contributed by atoms with van der Waals surface area (Å²) in [6.45, 7) is 3.00. The summed E-state index contributed by atoms with van der Waals surface area (Å²) in [5, 5.41) is 3.19. The maximum absolute atomic E-state index is 12.5. The van der Waals surface area contributed by atoms with Gasteiger partial charge in [-0.15, -0.1) is 0 Å². The lowest BCUT2D eigenvalue weighted by atomic mass is 10.0. The van der Waals surface area contributed by atoms with Gasteiger partial charge in [0, 0.05) is 32.0 Å². The van der Waals surface area contributed by atoms with Crippen LogP contribution >= 0.6 is 0 Å². The van der Waals surface area contributed by atoms with E-state index in [0.29, 0.717) is 6.54 Å². The van der Waals surface area contributed by atoms with Gasteiger partial charge >= 0.3 is 0 Å². The Morgan fingerprint density at radius 1 is 1.20 bits per heavy atom. The molecule has 3 aliphatic rings. The third-order valence-corrected chi connectivity index (χ3v) is 6.00. The van der Waals surface area contributed by atoms with Gasteiger partial charge in [0.25, 0.3) is 0 Å². The molecule has 0 spiro atoms. The number of ether oxygens (including phenoxy) is 1. The van der Waals surface area contributed by atoms with E-state index in [2.05, 4.69) is 21.8 Å². The predicted molar refractivity (Wildman–Crippen MR) is 95.4 cm³/mol. The molecule has 3 heterocycles. The van der Waals surface area contributed by atoms with E-state index in [1.807, 2.05) is 0 Å². The molecule has 4 rings (SSSR count). The van der Waals surface area contributed by atoms with Crippen LogP contribution in [-0.4, -0.2) is 52.7 Å². The molecule has 0 unspecified atom stereocenters. The van der Waals surface area contributed by atoms with E-state index < -0.39 is 0 Å². The molecule has 0 radical (unpaired) electrons. The van der Waals surface area contributed by atoms with E-state index in [4.69, 9.17) is 9.72 Å². The minimum atomic E-state index is 0.151. The molecule has 1 aromatic rings. The third-order valence-electron chi connectivity index (χ3n) is 6.00. The average molecular weight is 346 g/mol. The molecule has 1 aliphatic carbocycles. The lowest BCUT2D eigenvalue weighted by Crippen LogP contribution is -2.44. The van der Waals surface area contributed by atoms with Crippen LogP contribution in [0.2, 0.25) is 0 Å². The number of nitrogens with one attached hydrogen (secondary N) is 1. The fourth-order valence-corrected chi connectivity index (χ4v) is 4.61. The number of aryl methyl sites for hydroxylation is 1. The summed E-state index contributed by atoms with van der Waals surface area (Å²) in [6, 6.07) is 0.568. The van der Waals surface area contributed by atoms with Gasteiger partial charge < -0.3 is 14.6 Å². The van der Waals surface area contributed by atoms with Crippen molar-refractivity contribution in [1.29, 1.82) is 0 Å². The first-order valence-electron chi connectivity index (χ1n) is 9.88. The molecule has 0 bridgehead atoms. The minimum Gasteiger partial charge on any atom is -0.381 e. The first kappa shape index (κ1) is 17.0. The van der Waals surface area contributed by atoms with E-state index in [0.717, 1.165) is 58.3 Å². The van der Waals surface area contributed by atoms with Crippen molar-refractivity contribution in [3.05, 3.63) is 17.2 Å². The molecule has 2 aliphatic heterocycles. The van der Waals surface area contributed by atoms with Crippen LogP contribution in [0.25, 0.3) is 0 Å². The molecular formula is C19H30N4O2. The average Bonchev–Trinajstić information content (AvgIpc) is 3.20. The summed E-state index contributed by atoms with van der Waals surface area (Å²) < 4.78 is 7.68. The molecule has 0 saturated carbocycles. The zero-order valence-corrected chi connectivity index (χ0v) is 15.3. The predicted octanol–water partition coefficient (Wildman–Crippen LogP) is 1.73. The van der Waals surface area contributed by atoms with Crippen LogP contribution < -0.4 is 5.32 Å². The second-order valence-corrected chi connectivity index (χ2v) is 7.71. The minimum absolute atomic E-state index is 0.151. The number of hydrogen-bond donors (Lipinski definition) is 1. The van der Waals surface area contributed by atoms with Gasteiger partial charge in [0.1, 0.15) is 5.82 Å². The van der Waals surface area contributed by atoms with Crippen LogP contribution in [0.1, 0.15) is 61.8 Å². The molecule has 2 fully saturated rings. The summed E-state index contributed by atoms with van der Waals surface area (Å²) in [4.78, 5) is 19.8. The maximum Gasteiger partial charge on any atom is 0.234 e. The van der Waals surface area contributed by atoms with Crippen molar-refractivity contribution in [2.45, 2.75) is 63.5 Å². The first-order valence-corrected chi connectivity index (χ1v) is 9.88. The van der Waals surface area contributed by atoms with E-state index in [-0.39, 0.29) is 18.0 Å². The number of carbonyl (C=O) groups excluding carboxylic acids is 1. The monoisotopic (exact) mass is 346 g/mol. The van der Waals surface area contributed by atoms with Gasteiger partial charge in [0.05, 0.1) is 18.3 Å². The number of aromatic nitrogens is 2. The van der Waals surface area contributed by atoms with Crippen LogP contribution in [0.15, 0.2) is 0 Å². The van der Waals surface area contributed by atoms with Crippen molar-refractivity contribution in [3.63, 3.8) is 0 Å². The van der Waals surface area contributed by atoms with Crippen molar-refractivity contribution in [3.8, 4) is 0 Å². The molecular weight excluding hydrogens is 316 g/mol. The number of carbonyl (C=O) groups is 1. The molecule has 1 N–H and O–H groups in total. The smallest absolute Gasteiger partial charge is 0.234 e. The van der Waals surface area contributed by atoms with Crippen molar-refractivity contribution in [2.24, 2.45) is 7.05 Å². The molecule has 6 heteroatoms. The first-order chi connectivity index (χ1) is 12.2. The Morgan fingerprint density at radius 3 is 2.80 bits per heavy atom. The normalized spacial score (nSPS) is 25.1. The summed E-state index contributed by atoms with van der Waals surface area (Å²) in [5.74, 6) is 1.32. The zero-order chi connectivity index (χ0) is 17.2. The van der Waals surface area contributed by atoms with E-state index >= 15 is 0 Å². The molecule has 6 nitrogen and oxygen atoms in total. The van der Waals surface area contributed by atoms with E-state index in [9.17, 15) is 4.79 Å². The van der Waals surface area contributed by atoms with Crippen molar-refractivity contribution >= 4 is 5.91 Å². The highest BCUT2D eigenvalue weighted by Crippen LogP contribution is 2.33. The van der Waals surface area contributed by atoms with E-state index in [1.54, 1.807) is 0 Å². The molecule has 1 amide bonds. The van der Waals surface area contributed by atoms with Crippen LogP contribution in [0.5, 0.6) is 0 Å². The van der Waals surface area contributed by atoms with E-state index in [1.165, 1.54) is 30.1 Å². The van der Waals surface area contributed by atoms with Gasteiger partial charge in [-0.1, -0.05) is 0 Å². The lowest BCUT2D eigenvalue weighted by Gasteiger charge is -2.27. The van der Waals surface area contributed by atoms with Crippen LogP contribution in [-0.2, 0) is 29.4 Å². The molecule has 0 aromatic carbocycles. The van der Waals surface area contributed by atoms with Gasteiger partial charge in [-0.05, 0) is 57.9 Å². The molecule has 2 saturated heterocycles. The van der Waals surface area contributed by atoms with Crippen LogP contribution in [0.4, 0.5) is 0 Å². The summed E-state index contributed by atoms with van der Waals surface area (Å²) >= 11 is 0. The Balaban J connectivity index is 1.42. The highest BCUT2D eigenvalue weighted by atomic mass is 16.5. The number of rotatable bonds is 4. The zero-order valence-electron chi connectivity index (χ0n) is 15.3. The van der Waals surface area contributed by atoms with Gasteiger partial charge in [-0.25, -0.2) is 4.98 Å². The van der Waals surface area contributed by atoms with Crippen LogP contribution in [0, 0.1) is 0 Å². The Hall–Kier alpha value is -1.40. The summed E-state index contributed by atoms with van der Waals surface area (Å²) in [5.41, 5.74) is 2.71. The molecule has 138 valence electrons. The highest BCUT2D eigenvalue weighted by Gasteiger charge is 2.32. The van der Waals surface area contributed by atoms with Crippen molar-refractivity contribution in [1.82, 2.24) is 19.8 Å². The number of fused-ring (bicyclic) bond motifs is 1. The fourth-order valence-electron chi connectivity index (χ4n) is 4.61. The number of imidazole rings is 1.